The molecule has 1 fully saturated rings. The van der Waals surface area contributed by atoms with Crippen LogP contribution >= 0.6 is 0 Å². The fraction of sp³-hybridized carbons (Fsp3) is 0.619. The molecule has 22 heavy (non-hydrogen) atoms. The lowest BCUT2D eigenvalue weighted by Gasteiger charge is -2.34. The van der Waals surface area contributed by atoms with Gasteiger partial charge in [0.2, 0.25) is 0 Å². The first-order chi connectivity index (χ1) is 10.8. The van der Waals surface area contributed by atoms with Crippen molar-refractivity contribution in [2.75, 3.05) is 6.61 Å². The summed E-state index contributed by atoms with van der Waals surface area (Å²) in [6, 6.07) is 8.77. The van der Waals surface area contributed by atoms with Gasteiger partial charge in [0.1, 0.15) is 5.75 Å². The van der Waals surface area contributed by atoms with E-state index in [4.69, 9.17) is 4.74 Å². The van der Waals surface area contributed by atoms with Gasteiger partial charge in [-0.15, -0.1) is 6.58 Å². The van der Waals surface area contributed by atoms with Gasteiger partial charge in [0.05, 0.1) is 6.61 Å². The van der Waals surface area contributed by atoms with Gasteiger partial charge in [0.25, 0.3) is 0 Å². The largest absolute Gasteiger partial charge is 0.494 e. The lowest BCUT2D eigenvalue weighted by atomic mass is 9.71. The van der Waals surface area contributed by atoms with Crippen LogP contribution in [0.1, 0.15) is 70.3 Å². The van der Waals surface area contributed by atoms with E-state index in [1.165, 1.54) is 44.1 Å². The average molecular weight is 300 g/mol. The Labute approximate surface area is 136 Å². The minimum Gasteiger partial charge on any atom is -0.494 e. The van der Waals surface area contributed by atoms with Gasteiger partial charge in [-0.05, 0) is 61.6 Å². The molecule has 1 aromatic carbocycles. The van der Waals surface area contributed by atoms with E-state index in [0.717, 1.165) is 30.6 Å². The van der Waals surface area contributed by atoms with Gasteiger partial charge in [0, 0.05) is 0 Å². The van der Waals surface area contributed by atoms with Crippen LogP contribution in [0, 0.1) is 11.8 Å². The Morgan fingerprint density at radius 3 is 2.36 bits per heavy atom. The summed E-state index contributed by atoms with van der Waals surface area (Å²) in [5, 5.41) is 0. The van der Waals surface area contributed by atoms with Crippen molar-refractivity contribution in [3.8, 4) is 5.75 Å². The fourth-order valence-corrected chi connectivity index (χ4v) is 4.05. The molecule has 0 amide bonds. The molecule has 1 unspecified atom stereocenters. The van der Waals surface area contributed by atoms with Crippen LogP contribution in [0.15, 0.2) is 36.9 Å². The Balaban J connectivity index is 2.01. The highest BCUT2D eigenvalue weighted by atomic mass is 16.5. The highest BCUT2D eigenvalue weighted by Gasteiger charge is 2.27. The van der Waals surface area contributed by atoms with Crippen molar-refractivity contribution in [2.45, 2.75) is 64.7 Å². The number of benzene rings is 1. The van der Waals surface area contributed by atoms with Crippen molar-refractivity contribution in [3.63, 3.8) is 0 Å². The molecule has 0 spiro atoms. The Morgan fingerprint density at radius 1 is 1.14 bits per heavy atom. The number of hydrogen-bond acceptors (Lipinski definition) is 1. The SMILES string of the molecule is C=CCC(c1ccc(OCC)cc1)[C@H]1CC[C@H](CCC)CC1. The molecule has 2 rings (SSSR count). The molecule has 0 heterocycles. The number of hydrogen-bond donors (Lipinski definition) is 0. The van der Waals surface area contributed by atoms with Gasteiger partial charge in [-0.25, -0.2) is 0 Å². The van der Waals surface area contributed by atoms with Crippen molar-refractivity contribution in [3.05, 3.63) is 42.5 Å². The van der Waals surface area contributed by atoms with Crippen molar-refractivity contribution >= 4 is 0 Å². The number of allylic oxidation sites excluding steroid dienone is 1. The molecule has 0 aromatic heterocycles. The summed E-state index contributed by atoms with van der Waals surface area (Å²) in [4.78, 5) is 0. The van der Waals surface area contributed by atoms with Gasteiger partial charge < -0.3 is 4.74 Å². The summed E-state index contributed by atoms with van der Waals surface area (Å²) >= 11 is 0. The molecule has 0 saturated heterocycles. The summed E-state index contributed by atoms with van der Waals surface area (Å²) in [5.74, 6) is 3.42. The standard InChI is InChI=1S/C21H32O/c1-4-7-17-9-11-18(12-10-17)21(8-5-2)19-13-15-20(16-14-19)22-6-3/h5,13-18,21H,2,4,6-12H2,1,3H3/t17-,18-,21?. The summed E-state index contributed by atoms with van der Waals surface area (Å²) < 4.78 is 5.57. The zero-order chi connectivity index (χ0) is 15.8. The predicted molar refractivity (Wildman–Crippen MR) is 95.5 cm³/mol. The monoisotopic (exact) mass is 300 g/mol. The number of ether oxygens (including phenoxy) is 1. The van der Waals surface area contributed by atoms with Gasteiger partial charge in [-0.3, -0.25) is 0 Å². The highest BCUT2D eigenvalue weighted by Crippen LogP contribution is 2.41. The van der Waals surface area contributed by atoms with E-state index in [9.17, 15) is 0 Å². The van der Waals surface area contributed by atoms with Crippen LogP contribution in [0.25, 0.3) is 0 Å². The van der Waals surface area contributed by atoms with Gasteiger partial charge >= 0.3 is 0 Å². The summed E-state index contributed by atoms with van der Waals surface area (Å²) in [5.41, 5.74) is 1.46. The molecule has 1 atom stereocenters. The lowest BCUT2D eigenvalue weighted by molar-refractivity contribution is 0.232. The third kappa shape index (κ3) is 4.63. The Hall–Kier alpha value is -1.24. The van der Waals surface area contributed by atoms with Crippen LogP contribution in [-0.2, 0) is 0 Å². The molecule has 1 aliphatic rings. The second kappa shape index (κ2) is 9.02. The Bertz CT molecular complexity index is 426. The van der Waals surface area contributed by atoms with Gasteiger partial charge in [-0.2, -0.15) is 0 Å². The maximum Gasteiger partial charge on any atom is 0.119 e. The molecule has 1 nitrogen and oxygen atoms in total. The topological polar surface area (TPSA) is 9.23 Å². The van der Waals surface area contributed by atoms with Crippen molar-refractivity contribution in [2.24, 2.45) is 11.8 Å². The zero-order valence-corrected chi connectivity index (χ0v) is 14.4. The quantitative estimate of drug-likeness (QED) is 0.508. The molecular weight excluding hydrogens is 268 g/mol. The summed E-state index contributed by atoms with van der Waals surface area (Å²) in [6.45, 7) is 9.06. The lowest BCUT2D eigenvalue weighted by Crippen LogP contribution is -2.20. The van der Waals surface area contributed by atoms with E-state index in [2.05, 4.69) is 43.8 Å². The first kappa shape index (κ1) is 17.1. The molecule has 0 bridgehead atoms. The second-order valence-electron chi connectivity index (χ2n) is 6.70. The highest BCUT2D eigenvalue weighted by molar-refractivity contribution is 5.30. The van der Waals surface area contributed by atoms with Crippen molar-refractivity contribution in [1.29, 1.82) is 0 Å². The molecule has 1 heteroatoms. The van der Waals surface area contributed by atoms with Crippen LogP contribution in [0.4, 0.5) is 0 Å². The van der Waals surface area contributed by atoms with Crippen LogP contribution in [0.5, 0.6) is 5.75 Å². The molecule has 0 N–H and O–H groups in total. The molecule has 122 valence electrons. The summed E-state index contributed by atoms with van der Waals surface area (Å²) in [7, 11) is 0. The van der Waals surface area contributed by atoms with Gasteiger partial charge in [0.15, 0.2) is 0 Å². The molecule has 0 radical (unpaired) electrons. The van der Waals surface area contributed by atoms with Crippen LogP contribution in [0.2, 0.25) is 0 Å². The van der Waals surface area contributed by atoms with E-state index < -0.39 is 0 Å². The van der Waals surface area contributed by atoms with E-state index in [0.29, 0.717) is 5.92 Å². The molecule has 1 aliphatic carbocycles. The fourth-order valence-electron chi connectivity index (χ4n) is 4.05. The molecule has 1 aromatic rings. The average Bonchev–Trinajstić information content (AvgIpc) is 2.55. The Kier molecular flexibility index (Phi) is 7.02. The molecule has 1 saturated carbocycles. The van der Waals surface area contributed by atoms with Crippen LogP contribution < -0.4 is 4.74 Å². The maximum atomic E-state index is 5.57. The second-order valence-corrected chi connectivity index (χ2v) is 6.70. The molecule has 0 aliphatic heterocycles. The predicted octanol–water partition coefficient (Wildman–Crippen LogP) is 6.35. The van der Waals surface area contributed by atoms with Gasteiger partial charge in [-0.1, -0.05) is 50.8 Å². The van der Waals surface area contributed by atoms with E-state index in [1.807, 2.05) is 6.92 Å². The van der Waals surface area contributed by atoms with Crippen LogP contribution in [0.3, 0.4) is 0 Å². The summed E-state index contributed by atoms with van der Waals surface area (Å²) in [6.07, 6.45) is 11.6. The van der Waals surface area contributed by atoms with E-state index in [-0.39, 0.29) is 0 Å². The third-order valence-electron chi connectivity index (χ3n) is 5.20. The van der Waals surface area contributed by atoms with Crippen molar-refractivity contribution < 1.29 is 4.74 Å². The van der Waals surface area contributed by atoms with Crippen LogP contribution in [-0.4, -0.2) is 6.61 Å². The third-order valence-corrected chi connectivity index (χ3v) is 5.20. The minimum absolute atomic E-state index is 0.635. The normalized spacial score (nSPS) is 23.0. The van der Waals surface area contributed by atoms with E-state index in [1.54, 1.807) is 0 Å². The Morgan fingerprint density at radius 2 is 1.82 bits per heavy atom. The first-order valence-electron chi connectivity index (χ1n) is 9.12. The van der Waals surface area contributed by atoms with E-state index >= 15 is 0 Å². The number of rotatable bonds is 8. The minimum atomic E-state index is 0.635. The molecular formula is C21H32O. The first-order valence-corrected chi connectivity index (χ1v) is 9.12. The van der Waals surface area contributed by atoms with Crippen molar-refractivity contribution in [1.82, 2.24) is 0 Å². The smallest absolute Gasteiger partial charge is 0.119 e. The maximum absolute atomic E-state index is 5.57. The zero-order valence-electron chi connectivity index (χ0n) is 14.4.